The molecule has 0 saturated carbocycles. The molecule has 0 aliphatic heterocycles. The molecule has 20 heavy (non-hydrogen) atoms. The summed E-state index contributed by atoms with van der Waals surface area (Å²) in [5, 5.41) is 9.08. The number of aromatic carboxylic acids is 1. The number of anilines is 2. The monoisotopic (exact) mass is 398 g/mol. The summed E-state index contributed by atoms with van der Waals surface area (Å²) in [6, 6.07) is 8.72. The Morgan fingerprint density at radius 3 is 2.45 bits per heavy atom. The number of benzene rings is 2. The Morgan fingerprint density at radius 2 is 1.80 bits per heavy atom. The van der Waals surface area contributed by atoms with Crippen molar-refractivity contribution in [3.63, 3.8) is 0 Å². The zero-order valence-corrected chi connectivity index (χ0v) is 13.5. The minimum absolute atomic E-state index is 0.107. The summed E-state index contributed by atoms with van der Waals surface area (Å²) >= 11 is 6.79. The predicted octanol–water partition coefficient (Wildman–Crippen LogP) is 3.67. The van der Waals surface area contributed by atoms with Gasteiger partial charge in [-0.3, -0.25) is 0 Å². The molecule has 0 spiro atoms. The number of nitrogen functional groups attached to an aromatic ring is 2. The van der Waals surface area contributed by atoms with Crippen LogP contribution in [0.2, 0.25) is 0 Å². The Kier molecular flexibility index (Phi) is 4.35. The van der Waals surface area contributed by atoms with E-state index in [1.165, 1.54) is 6.07 Å². The molecule has 104 valence electrons. The second kappa shape index (κ2) is 5.85. The molecule has 2 rings (SSSR count). The zero-order chi connectivity index (χ0) is 14.9. The fraction of sp³-hybridized carbons (Fsp3) is 0.0714. The lowest BCUT2D eigenvalue weighted by atomic mass is 9.99. The van der Waals surface area contributed by atoms with Gasteiger partial charge in [0.1, 0.15) is 0 Å². The first kappa shape index (κ1) is 14.9. The summed E-state index contributed by atoms with van der Waals surface area (Å²) in [7, 11) is 0. The molecule has 6 heteroatoms. The van der Waals surface area contributed by atoms with Crippen LogP contribution in [-0.4, -0.2) is 11.1 Å². The SMILES string of the molecule is Nc1c(Br)cc(Br)cc1Cc1cccc(C(=O)O)c1N. The number of rotatable bonds is 3. The van der Waals surface area contributed by atoms with E-state index in [0.29, 0.717) is 12.1 Å². The minimum Gasteiger partial charge on any atom is -0.478 e. The van der Waals surface area contributed by atoms with Crippen molar-refractivity contribution in [2.24, 2.45) is 0 Å². The number of carbonyl (C=O) groups is 1. The topological polar surface area (TPSA) is 89.3 Å². The zero-order valence-electron chi connectivity index (χ0n) is 10.4. The average molecular weight is 400 g/mol. The van der Waals surface area contributed by atoms with Crippen molar-refractivity contribution in [1.82, 2.24) is 0 Å². The molecule has 2 aromatic rings. The van der Waals surface area contributed by atoms with Crippen LogP contribution >= 0.6 is 31.9 Å². The number of carboxylic acids is 1. The van der Waals surface area contributed by atoms with E-state index >= 15 is 0 Å². The maximum atomic E-state index is 11.1. The fourth-order valence-corrected chi connectivity index (χ4v) is 3.26. The number of para-hydroxylation sites is 1. The molecule has 4 nitrogen and oxygen atoms in total. The molecule has 0 aromatic heterocycles. The maximum absolute atomic E-state index is 11.1. The van der Waals surface area contributed by atoms with Gasteiger partial charge in [-0.15, -0.1) is 0 Å². The molecule has 0 atom stereocenters. The van der Waals surface area contributed by atoms with Crippen LogP contribution < -0.4 is 11.5 Å². The van der Waals surface area contributed by atoms with E-state index < -0.39 is 5.97 Å². The van der Waals surface area contributed by atoms with Gasteiger partial charge in [0.05, 0.1) is 5.56 Å². The molecule has 0 saturated heterocycles. The molecule has 0 radical (unpaired) electrons. The summed E-state index contributed by atoms with van der Waals surface area (Å²) in [4.78, 5) is 11.1. The summed E-state index contributed by atoms with van der Waals surface area (Å²) in [6.45, 7) is 0. The van der Waals surface area contributed by atoms with Crippen molar-refractivity contribution in [3.8, 4) is 0 Å². The number of hydrogen-bond donors (Lipinski definition) is 3. The van der Waals surface area contributed by atoms with Gasteiger partial charge < -0.3 is 16.6 Å². The molecule has 0 heterocycles. The Balaban J connectivity index is 2.46. The molecule has 0 aliphatic rings. The summed E-state index contributed by atoms with van der Waals surface area (Å²) in [5.74, 6) is -1.03. The highest BCUT2D eigenvalue weighted by molar-refractivity contribution is 9.11. The van der Waals surface area contributed by atoms with Crippen LogP contribution in [0.25, 0.3) is 0 Å². The Labute approximate surface area is 133 Å². The van der Waals surface area contributed by atoms with Crippen molar-refractivity contribution in [2.75, 3.05) is 11.5 Å². The molecule has 0 aliphatic carbocycles. The van der Waals surface area contributed by atoms with Crippen LogP contribution in [-0.2, 0) is 6.42 Å². The van der Waals surface area contributed by atoms with E-state index in [1.807, 2.05) is 12.1 Å². The highest BCUT2D eigenvalue weighted by Gasteiger charge is 2.13. The van der Waals surface area contributed by atoms with Crippen molar-refractivity contribution in [1.29, 1.82) is 0 Å². The largest absolute Gasteiger partial charge is 0.478 e. The third-order valence-electron chi connectivity index (χ3n) is 2.99. The van der Waals surface area contributed by atoms with Crippen LogP contribution in [0.1, 0.15) is 21.5 Å². The maximum Gasteiger partial charge on any atom is 0.337 e. The lowest BCUT2D eigenvalue weighted by Crippen LogP contribution is -2.06. The average Bonchev–Trinajstić information content (AvgIpc) is 2.37. The van der Waals surface area contributed by atoms with E-state index in [1.54, 1.807) is 12.1 Å². The molecule has 0 unspecified atom stereocenters. The number of carboxylic acid groups (broad SMARTS) is 1. The van der Waals surface area contributed by atoms with Gasteiger partial charge in [0.15, 0.2) is 0 Å². The number of halogens is 2. The molecule has 0 bridgehead atoms. The van der Waals surface area contributed by atoms with Crippen LogP contribution in [0.4, 0.5) is 11.4 Å². The first-order valence-corrected chi connectivity index (χ1v) is 7.32. The van der Waals surface area contributed by atoms with Crippen molar-refractivity contribution in [2.45, 2.75) is 6.42 Å². The third kappa shape index (κ3) is 2.96. The first-order chi connectivity index (χ1) is 9.40. The summed E-state index contributed by atoms with van der Waals surface area (Å²) < 4.78 is 1.68. The van der Waals surface area contributed by atoms with E-state index in [9.17, 15) is 4.79 Å². The second-order valence-corrected chi connectivity index (χ2v) is 6.09. The van der Waals surface area contributed by atoms with Gasteiger partial charge in [-0.2, -0.15) is 0 Å². The van der Waals surface area contributed by atoms with Crippen molar-refractivity contribution < 1.29 is 9.90 Å². The minimum atomic E-state index is -1.03. The quantitative estimate of drug-likeness (QED) is 0.687. The lowest BCUT2D eigenvalue weighted by molar-refractivity contribution is 0.0698. The standard InChI is InChI=1S/C14H12Br2N2O2/c15-9-5-8(13(18)11(16)6-9)4-7-2-1-3-10(12(7)17)14(19)20/h1-3,5-6H,4,17-18H2,(H,19,20). The van der Waals surface area contributed by atoms with E-state index in [-0.39, 0.29) is 11.3 Å². The number of hydrogen-bond acceptors (Lipinski definition) is 3. The van der Waals surface area contributed by atoms with Gasteiger partial charge in [0, 0.05) is 26.7 Å². The lowest BCUT2D eigenvalue weighted by Gasteiger charge is -2.12. The molecular formula is C14H12Br2N2O2. The fourth-order valence-electron chi connectivity index (χ4n) is 1.94. The third-order valence-corrected chi connectivity index (χ3v) is 4.10. The molecule has 0 fully saturated rings. The normalized spacial score (nSPS) is 10.5. The summed E-state index contributed by atoms with van der Waals surface area (Å²) in [5.41, 5.74) is 14.5. The van der Waals surface area contributed by atoms with Gasteiger partial charge in [-0.25, -0.2) is 4.79 Å². The first-order valence-electron chi connectivity index (χ1n) is 5.74. The van der Waals surface area contributed by atoms with Gasteiger partial charge in [0.2, 0.25) is 0 Å². The van der Waals surface area contributed by atoms with Gasteiger partial charge in [0.25, 0.3) is 0 Å². The molecule has 0 amide bonds. The molecule has 2 aromatic carbocycles. The number of nitrogens with two attached hydrogens (primary N) is 2. The second-order valence-electron chi connectivity index (χ2n) is 4.32. The van der Waals surface area contributed by atoms with Crippen molar-refractivity contribution in [3.05, 3.63) is 56.0 Å². The smallest absolute Gasteiger partial charge is 0.337 e. The highest BCUT2D eigenvalue weighted by Crippen LogP contribution is 2.31. The van der Waals surface area contributed by atoms with Crippen LogP contribution in [0, 0.1) is 0 Å². The van der Waals surface area contributed by atoms with Gasteiger partial charge in [-0.05, 0) is 45.3 Å². The highest BCUT2D eigenvalue weighted by atomic mass is 79.9. The Hall–Kier alpha value is -1.53. The van der Waals surface area contributed by atoms with E-state index in [0.717, 1.165) is 20.1 Å². The van der Waals surface area contributed by atoms with E-state index in [4.69, 9.17) is 16.6 Å². The molecule has 5 N–H and O–H groups in total. The molecular weight excluding hydrogens is 388 g/mol. The summed E-state index contributed by atoms with van der Waals surface area (Å²) in [6.07, 6.45) is 0.469. The van der Waals surface area contributed by atoms with E-state index in [2.05, 4.69) is 31.9 Å². The Morgan fingerprint density at radius 1 is 1.10 bits per heavy atom. The Bertz CT molecular complexity index is 687. The predicted molar refractivity (Wildman–Crippen MR) is 86.9 cm³/mol. The van der Waals surface area contributed by atoms with Gasteiger partial charge >= 0.3 is 5.97 Å². The van der Waals surface area contributed by atoms with Crippen LogP contribution in [0.5, 0.6) is 0 Å². The van der Waals surface area contributed by atoms with Crippen molar-refractivity contribution >= 4 is 49.2 Å². The van der Waals surface area contributed by atoms with Crippen LogP contribution in [0.3, 0.4) is 0 Å². The van der Waals surface area contributed by atoms with Crippen LogP contribution in [0.15, 0.2) is 39.3 Å². The van der Waals surface area contributed by atoms with Gasteiger partial charge in [-0.1, -0.05) is 28.1 Å².